The van der Waals surface area contributed by atoms with Crippen molar-refractivity contribution in [2.75, 3.05) is 13.2 Å². The zero-order valence-electron chi connectivity index (χ0n) is 47.7. The van der Waals surface area contributed by atoms with Gasteiger partial charge in [-0.05, 0) is 83.5 Å². The number of hydrogen-bond acceptors (Lipinski definition) is 5. The smallest absolute Gasteiger partial charge is 0.305 e. The topological polar surface area (TPSA) is 95.9 Å². The van der Waals surface area contributed by atoms with Crippen LogP contribution in [0, 0.1) is 0 Å². The third-order valence-electron chi connectivity index (χ3n) is 14.7. The molecule has 0 radical (unpaired) electrons. The number of hydrogen-bond donors (Lipinski definition) is 3. The number of unbranched alkanes of at least 4 members (excludes halogenated alkanes) is 43. The Morgan fingerprint density at radius 2 is 0.704 bits per heavy atom. The van der Waals surface area contributed by atoms with E-state index in [0.717, 1.165) is 70.6 Å². The Hall–Kier alpha value is -1.92. The number of ether oxygens (including phenoxy) is 1. The van der Waals surface area contributed by atoms with Gasteiger partial charge < -0.3 is 20.3 Å². The fourth-order valence-corrected chi connectivity index (χ4v) is 9.80. The summed E-state index contributed by atoms with van der Waals surface area (Å²) in [5, 5.41) is 23.3. The van der Waals surface area contributed by atoms with Crippen molar-refractivity contribution in [1.82, 2.24) is 5.32 Å². The van der Waals surface area contributed by atoms with E-state index in [9.17, 15) is 19.8 Å². The van der Waals surface area contributed by atoms with E-state index in [0.29, 0.717) is 25.9 Å². The molecule has 0 saturated heterocycles. The van der Waals surface area contributed by atoms with Gasteiger partial charge in [-0.25, -0.2) is 0 Å². The SMILES string of the molecule is CCCCCCCC/C=C\CCCCCCCCCC(=O)OCCCCC/C=C\C=C/CCCCCCCCCCCCC(=O)NC(CO)C(O)CCCCCCCCCCCCCCCCCCCC. The average molecular weight is 999 g/mol. The summed E-state index contributed by atoms with van der Waals surface area (Å²) in [4.78, 5) is 24.6. The van der Waals surface area contributed by atoms with E-state index in [1.165, 1.54) is 238 Å². The molecule has 0 aromatic carbocycles. The summed E-state index contributed by atoms with van der Waals surface area (Å²) in [7, 11) is 0. The van der Waals surface area contributed by atoms with Crippen molar-refractivity contribution in [2.24, 2.45) is 0 Å². The van der Waals surface area contributed by atoms with Crippen LogP contribution in [-0.4, -0.2) is 47.4 Å². The minimum absolute atomic E-state index is 0.0163. The molecule has 0 aromatic rings. The molecule has 0 aliphatic heterocycles. The maximum Gasteiger partial charge on any atom is 0.305 e. The first-order chi connectivity index (χ1) is 35.0. The Morgan fingerprint density at radius 1 is 0.394 bits per heavy atom. The van der Waals surface area contributed by atoms with E-state index < -0.39 is 12.1 Å². The van der Waals surface area contributed by atoms with Crippen molar-refractivity contribution in [3.05, 3.63) is 36.5 Å². The van der Waals surface area contributed by atoms with E-state index in [4.69, 9.17) is 4.74 Å². The molecule has 0 bridgehead atoms. The molecular weight excluding hydrogens is 875 g/mol. The van der Waals surface area contributed by atoms with Crippen molar-refractivity contribution >= 4 is 11.9 Å². The predicted molar refractivity (Wildman–Crippen MR) is 310 cm³/mol. The van der Waals surface area contributed by atoms with Crippen molar-refractivity contribution < 1.29 is 24.5 Å². The molecule has 2 unspecified atom stereocenters. The second-order valence-electron chi connectivity index (χ2n) is 21.8. The molecular formula is C65H123NO5. The number of esters is 1. The lowest BCUT2D eigenvalue weighted by Crippen LogP contribution is -2.45. The fourth-order valence-electron chi connectivity index (χ4n) is 9.80. The summed E-state index contributed by atoms with van der Waals surface area (Å²) in [6.45, 7) is 4.93. The lowest BCUT2D eigenvalue weighted by molar-refractivity contribution is -0.143. The number of aliphatic hydroxyl groups excluding tert-OH is 2. The van der Waals surface area contributed by atoms with Gasteiger partial charge in [0, 0.05) is 12.8 Å². The Kier molecular flexibility index (Phi) is 59.0. The average Bonchev–Trinajstić information content (AvgIpc) is 3.37. The molecule has 6 nitrogen and oxygen atoms in total. The van der Waals surface area contributed by atoms with Crippen molar-refractivity contribution in [3.8, 4) is 0 Å². The number of rotatable bonds is 59. The Labute approximate surface area is 443 Å². The van der Waals surface area contributed by atoms with Gasteiger partial charge in [0.1, 0.15) is 0 Å². The van der Waals surface area contributed by atoms with Gasteiger partial charge in [0.15, 0.2) is 0 Å². The van der Waals surface area contributed by atoms with Crippen LogP contribution in [0.2, 0.25) is 0 Å². The standard InChI is InChI=1S/C65H123NO5/c1-3-5-7-9-11-13-15-17-19-21-26-29-33-37-41-45-49-53-57-63(68)62(61-67)66-64(69)58-54-50-46-42-38-34-30-27-23-22-24-28-32-36-40-44-48-52-56-60-71-65(70)59-55-51-47-43-39-35-31-25-20-18-16-14-12-10-8-6-4-2/h18,20,28,32,36,40,62-63,67-68H,3-17,19,21-27,29-31,33-35,37-39,41-61H2,1-2H3,(H,66,69)/b20-18-,32-28-,40-36-. The second kappa shape index (κ2) is 60.6. The van der Waals surface area contributed by atoms with E-state index >= 15 is 0 Å². The highest BCUT2D eigenvalue weighted by Gasteiger charge is 2.20. The van der Waals surface area contributed by atoms with E-state index in [1.807, 2.05) is 0 Å². The number of allylic oxidation sites excluding steroid dienone is 6. The van der Waals surface area contributed by atoms with Gasteiger partial charge in [0.2, 0.25) is 5.91 Å². The zero-order chi connectivity index (χ0) is 51.4. The van der Waals surface area contributed by atoms with Crippen LogP contribution in [0.3, 0.4) is 0 Å². The fraction of sp³-hybridized carbons (Fsp3) is 0.877. The van der Waals surface area contributed by atoms with Crippen molar-refractivity contribution in [3.63, 3.8) is 0 Å². The van der Waals surface area contributed by atoms with Crippen LogP contribution in [0.25, 0.3) is 0 Å². The number of aliphatic hydroxyl groups is 2. The van der Waals surface area contributed by atoms with Gasteiger partial charge in [-0.3, -0.25) is 9.59 Å². The quantitative estimate of drug-likeness (QED) is 0.0244. The summed E-state index contributed by atoms with van der Waals surface area (Å²) in [6.07, 6.45) is 75.8. The Balaban J connectivity index is 3.47. The van der Waals surface area contributed by atoms with E-state index in [1.54, 1.807) is 0 Å². The Morgan fingerprint density at radius 3 is 1.08 bits per heavy atom. The highest BCUT2D eigenvalue weighted by Crippen LogP contribution is 2.17. The maximum absolute atomic E-state index is 12.5. The third kappa shape index (κ3) is 57.2. The van der Waals surface area contributed by atoms with Crippen LogP contribution in [-0.2, 0) is 14.3 Å². The zero-order valence-corrected chi connectivity index (χ0v) is 47.7. The monoisotopic (exact) mass is 998 g/mol. The van der Waals surface area contributed by atoms with Gasteiger partial charge in [-0.1, -0.05) is 281 Å². The number of nitrogens with one attached hydrogen (secondary N) is 1. The lowest BCUT2D eigenvalue weighted by Gasteiger charge is -2.22. The highest BCUT2D eigenvalue weighted by molar-refractivity contribution is 5.76. The van der Waals surface area contributed by atoms with Gasteiger partial charge in [0.05, 0.1) is 25.4 Å². The second-order valence-corrected chi connectivity index (χ2v) is 21.8. The molecule has 71 heavy (non-hydrogen) atoms. The molecule has 2 atom stereocenters. The van der Waals surface area contributed by atoms with Crippen molar-refractivity contribution in [2.45, 2.75) is 353 Å². The minimum atomic E-state index is -0.672. The van der Waals surface area contributed by atoms with Crippen LogP contribution < -0.4 is 5.32 Å². The Bertz CT molecular complexity index is 1150. The number of amides is 1. The summed E-state index contributed by atoms with van der Waals surface area (Å²) in [5.74, 6) is -0.0590. The first-order valence-electron chi connectivity index (χ1n) is 31.8. The van der Waals surface area contributed by atoms with Gasteiger partial charge in [-0.15, -0.1) is 0 Å². The molecule has 0 aliphatic carbocycles. The van der Waals surface area contributed by atoms with Crippen LogP contribution in [0.5, 0.6) is 0 Å². The van der Waals surface area contributed by atoms with E-state index in [-0.39, 0.29) is 18.5 Å². The van der Waals surface area contributed by atoms with Crippen molar-refractivity contribution in [1.29, 1.82) is 0 Å². The molecule has 1 amide bonds. The highest BCUT2D eigenvalue weighted by atomic mass is 16.5. The molecule has 0 spiro atoms. The molecule has 0 aliphatic rings. The van der Waals surface area contributed by atoms with Gasteiger partial charge >= 0.3 is 5.97 Å². The molecule has 6 heteroatoms. The lowest BCUT2D eigenvalue weighted by atomic mass is 10.0. The molecule has 0 saturated carbocycles. The summed E-state index contributed by atoms with van der Waals surface area (Å²) in [6, 6.07) is -0.550. The van der Waals surface area contributed by atoms with Crippen LogP contribution in [0.15, 0.2) is 36.5 Å². The normalized spacial score (nSPS) is 12.8. The van der Waals surface area contributed by atoms with Gasteiger partial charge in [0.25, 0.3) is 0 Å². The summed E-state index contributed by atoms with van der Waals surface area (Å²) in [5.41, 5.74) is 0. The van der Waals surface area contributed by atoms with Crippen LogP contribution >= 0.6 is 0 Å². The molecule has 0 heterocycles. The van der Waals surface area contributed by atoms with Gasteiger partial charge in [-0.2, -0.15) is 0 Å². The summed E-state index contributed by atoms with van der Waals surface area (Å²) < 4.78 is 5.46. The molecule has 0 rings (SSSR count). The third-order valence-corrected chi connectivity index (χ3v) is 14.7. The molecule has 0 fully saturated rings. The summed E-state index contributed by atoms with van der Waals surface area (Å²) >= 11 is 0. The van der Waals surface area contributed by atoms with Crippen LogP contribution in [0.1, 0.15) is 341 Å². The first kappa shape index (κ1) is 69.1. The molecule has 0 aromatic heterocycles. The maximum atomic E-state index is 12.5. The first-order valence-corrected chi connectivity index (χ1v) is 31.8. The minimum Gasteiger partial charge on any atom is -0.466 e. The molecule has 418 valence electrons. The largest absolute Gasteiger partial charge is 0.466 e. The number of carbonyl (C=O) groups excluding carboxylic acids is 2. The number of carbonyl (C=O) groups is 2. The van der Waals surface area contributed by atoms with Crippen LogP contribution in [0.4, 0.5) is 0 Å². The van der Waals surface area contributed by atoms with E-state index in [2.05, 4.69) is 55.6 Å². The molecule has 3 N–H and O–H groups in total. The predicted octanol–water partition coefficient (Wildman–Crippen LogP) is 20.0.